The quantitative estimate of drug-likeness (QED) is 0.844. The molecule has 1 aliphatic rings. The van der Waals surface area contributed by atoms with E-state index in [1.807, 2.05) is 24.3 Å². The van der Waals surface area contributed by atoms with Crippen LogP contribution in [0.25, 0.3) is 0 Å². The maximum absolute atomic E-state index is 12.2. The van der Waals surface area contributed by atoms with Crippen LogP contribution in [0.2, 0.25) is 0 Å². The van der Waals surface area contributed by atoms with Crippen molar-refractivity contribution in [1.29, 1.82) is 0 Å². The Labute approximate surface area is 148 Å². The maximum Gasteiger partial charge on any atom is 0.228 e. The fourth-order valence-corrected chi connectivity index (χ4v) is 2.94. The predicted molar refractivity (Wildman–Crippen MR) is 99.0 cm³/mol. The molecule has 4 nitrogen and oxygen atoms in total. The zero-order chi connectivity index (χ0) is 16.1. The molecule has 0 saturated carbocycles. The van der Waals surface area contributed by atoms with Gasteiger partial charge in [0.05, 0.1) is 6.42 Å². The molecule has 0 aliphatic heterocycles. The highest BCUT2D eigenvalue weighted by Gasteiger charge is 2.12. The summed E-state index contributed by atoms with van der Waals surface area (Å²) >= 11 is 0. The Morgan fingerprint density at radius 3 is 2.58 bits per heavy atom. The highest BCUT2D eigenvalue weighted by molar-refractivity contribution is 5.92. The van der Waals surface area contributed by atoms with Crippen molar-refractivity contribution in [3.05, 3.63) is 59.2 Å². The molecule has 0 atom stereocenters. The molecule has 0 aromatic heterocycles. The Hall–Kier alpha value is -2.04. The Bertz CT molecular complexity index is 686. The van der Waals surface area contributed by atoms with Crippen LogP contribution in [-0.2, 0) is 24.1 Å². The molecule has 2 aromatic carbocycles. The molecular formula is C19H23ClN2O2. The fourth-order valence-electron chi connectivity index (χ4n) is 2.94. The largest absolute Gasteiger partial charge is 0.492 e. The lowest BCUT2D eigenvalue weighted by atomic mass is 10.0. The average Bonchev–Trinajstić information content (AvgIpc) is 3.02. The van der Waals surface area contributed by atoms with E-state index in [4.69, 9.17) is 10.5 Å². The summed E-state index contributed by atoms with van der Waals surface area (Å²) in [6.45, 7) is 0.975. The van der Waals surface area contributed by atoms with Gasteiger partial charge in [-0.3, -0.25) is 4.79 Å². The number of nitrogens with two attached hydrogens (primary N) is 1. The van der Waals surface area contributed by atoms with Crippen molar-refractivity contribution in [3.8, 4) is 5.75 Å². The van der Waals surface area contributed by atoms with Gasteiger partial charge in [0, 0.05) is 12.2 Å². The minimum Gasteiger partial charge on any atom is -0.492 e. The Morgan fingerprint density at radius 2 is 1.83 bits per heavy atom. The Morgan fingerprint density at radius 1 is 1.08 bits per heavy atom. The van der Waals surface area contributed by atoms with Crippen LogP contribution in [0.15, 0.2) is 42.5 Å². The SMILES string of the molecule is Cl.NCCOc1ccc(NC(=O)Cc2ccc3c(c2)CCC3)cc1. The number of hydrogen-bond acceptors (Lipinski definition) is 3. The Balaban J connectivity index is 0.00000208. The minimum atomic E-state index is -0.00132. The van der Waals surface area contributed by atoms with E-state index in [1.165, 1.54) is 24.0 Å². The number of benzene rings is 2. The van der Waals surface area contributed by atoms with E-state index in [-0.39, 0.29) is 18.3 Å². The molecule has 5 heteroatoms. The number of hydrogen-bond donors (Lipinski definition) is 2. The van der Waals surface area contributed by atoms with Crippen LogP contribution < -0.4 is 15.8 Å². The first-order valence-electron chi connectivity index (χ1n) is 8.08. The molecule has 24 heavy (non-hydrogen) atoms. The van der Waals surface area contributed by atoms with Crippen LogP contribution in [0.1, 0.15) is 23.1 Å². The molecule has 0 bridgehead atoms. The molecular weight excluding hydrogens is 324 g/mol. The molecule has 0 spiro atoms. The number of carbonyl (C=O) groups excluding carboxylic acids is 1. The van der Waals surface area contributed by atoms with Gasteiger partial charge in [0.1, 0.15) is 12.4 Å². The van der Waals surface area contributed by atoms with Crippen LogP contribution in [0.5, 0.6) is 5.75 Å². The van der Waals surface area contributed by atoms with Crippen molar-refractivity contribution in [2.75, 3.05) is 18.5 Å². The Kier molecular flexibility index (Phi) is 6.64. The van der Waals surface area contributed by atoms with E-state index in [1.54, 1.807) is 0 Å². The van der Waals surface area contributed by atoms with Crippen molar-refractivity contribution >= 4 is 24.0 Å². The lowest BCUT2D eigenvalue weighted by molar-refractivity contribution is -0.115. The summed E-state index contributed by atoms with van der Waals surface area (Å²) in [7, 11) is 0. The van der Waals surface area contributed by atoms with Gasteiger partial charge in [-0.1, -0.05) is 18.2 Å². The zero-order valence-corrected chi connectivity index (χ0v) is 14.4. The lowest BCUT2D eigenvalue weighted by Crippen LogP contribution is -2.14. The molecule has 0 heterocycles. The van der Waals surface area contributed by atoms with Gasteiger partial charge in [-0.25, -0.2) is 0 Å². The van der Waals surface area contributed by atoms with Gasteiger partial charge in [0.2, 0.25) is 5.91 Å². The van der Waals surface area contributed by atoms with E-state index in [2.05, 4.69) is 23.5 Å². The second-order valence-corrected chi connectivity index (χ2v) is 5.84. The molecule has 2 aromatic rings. The van der Waals surface area contributed by atoms with Gasteiger partial charge < -0.3 is 15.8 Å². The number of fused-ring (bicyclic) bond motifs is 1. The number of nitrogens with one attached hydrogen (secondary N) is 1. The van der Waals surface area contributed by atoms with E-state index < -0.39 is 0 Å². The lowest BCUT2D eigenvalue weighted by Gasteiger charge is -2.08. The summed E-state index contributed by atoms with van der Waals surface area (Å²) in [6, 6.07) is 13.7. The van der Waals surface area contributed by atoms with Crippen LogP contribution in [0.4, 0.5) is 5.69 Å². The zero-order valence-electron chi connectivity index (χ0n) is 13.6. The number of halogens is 1. The summed E-state index contributed by atoms with van der Waals surface area (Å²) < 4.78 is 5.42. The second kappa shape index (κ2) is 8.71. The summed E-state index contributed by atoms with van der Waals surface area (Å²) in [5.74, 6) is 0.755. The third-order valence-corrected chi connectivity index (χ3v) is 4.05. The molecule has 1 aliphatic carbocycles. The number of ether oxygens (including phenoxy) is 1. The van der Waals surface area contributed by atoms with E-state index >= 15 is 0 Å². The summed E-state index contributed by atoms with van der Waals surface area (Å²) in [5, 5.41) is 2.92. The molecule has 0 saturated heterocycles. The number of rotatable bonds is 6. The second-order valence-electron chi connectivity index (χ2n) is 5.84. The highest BCUT2D eigenvalue weighted by atomic mass is 35.5. The molecule has 0 radical (unpaired) electrons. The van der Waals surface area contributed by atoms with Crippen LogP contribution in [-0.4, -0.2) is 19.1 Å². The number of amides is 1. The third kappa shape index (κ3) is 4.73. The molecule has 3 rings (SSSR count). The van der Waals surface area contributed by atoms with Crippen molar-refractivity contribution in [2.45, 2.75) is 25.7 Å². The topological polar surface area (TPSA) is 64.3 Å². The van der Waals surface area contributed by atoms with Gasteiger partial charge in [-0.15, -0.1) is 12.4 Å². The summed E-state index contributed by atoms with van der Waals surface area (Å²) in [4.78, 5) is 12.2. The van der Waals surface area contributed by atoms with E-state index in [0.29, 0.717) is 19.6 Å². The van der Waals surface area contributed by atoms with Crippen LogP contribution in [0.3, 0.4) is 0 Å². The van der Waals surface area contributed by atoms with Gasteiger partial charge >= 0.3 is 0 Å². The first-order valence-corrected chi connectivity index (χ1v) is 8.08. The predicted octanol–water partition coefficient (Wildman–Crippen LogP) is 3.12. The molecule has 128 valence electrons. The molecule has 3 N–H and O–H groups in total. The van der Waals surface area contributed by atoms with Gasteiger partial charge in [0.15, 0.2) is 0 Å². The highest BCUT2D eigenvalue weighted by Crippen LogP contribution is 2.23. The third-order valence-electron chi connectivity index (χ3n) is 4.05. The van der Waals surface area contributed by atoms with Gasteiger partial charge in [0.25, 0.3) is 0 Å². The normalized spacial score (nSPS) is 12.2. The van der Waals surface area contributed by atoms with Crippen molar-refractivity contribution in [1.82, 2.24) is 0 Å². The molecule has 1 amide bonds. The fraction of sp³-hybridized carbons (Fsp3) is 0.316. The first-order chi connectivity index (χ1) is 11.2. The van der Waals surface area contributed by atoms with Crippen molar-refractivity contribution < 1.29 is 9.53 Å². The van der Waals surface area contributed by atoms with Crippen molar-refractivity contribution in [3.63, 3.8) is 0 Å². The minimum absolute atomic E-state index is 0. The summed E-state index contributed by atoms with van der Waals surface area (Å²) in [6.07, 6.45) is 3.93. The van der Waals surface area contributed by atoms with E-state index in [0.717, 1.165) is 23.4 Å². The van der Waals surface area contributed by atoms with E-state index in [9.17, 15) is 4.79 Å². The van der Waals surface area contributed by atoms with Crippen molar-refractivity contribution in [2.24, 2.45) is 5.73 Å². The molecule has 0 fully saturated rings. The summed E-state index contributed by atoms with van der Waals surface area (Å²) in [5.41, 5.74) is 10.1. The van der Waals surface area contributed by atoms with Crippen LogP contribution >= 0.6 is 12.4 Å². The smallest absolute Gasteiger partial charge is 0.228 e. The number of anilines is 1. The standard InChI is InChI=1S/C19H22N2O2.ClH/c20-10-11-23-18-8-6-17(7-9-18)21-19(22)13-14-4-5-15-2-1-3-16(15)12-14;/h4-9,12H,1-3,10-11,13,20H2,(H,21,22);1H. The number of aryl methyl sites for hydroxylation is 2. The maximum atomic E-state index is 12.2. The molecule has 0 unspecified atom stereocenters. The van der Waals surface area contributed by atoms with Crippen LogP contribution in [0, 0.1) is 0 Å². The van der Waals surface area contributed by atoms with Gasteiger partial charge in [-0.05, 0) is 60.2 Å². The monoisotopic (exact) mass is 346 g/mol. The van der Waals surface area contributed by atoms with Gasteiger partial charge in [-0.2, -0.15) is 0 Å². The number of carbonyl (C=O) groups is 1. The average molecular weight is 347 g/mol. The first kappa shape index (κ1) is 18.3.